The first kappa shape index (κ1) is 10.2. The van der Waals surface area contributed by atoms with Gasteiger partial charge in [0.1, 0.15) is 0 Å². The molecule has 0 fully saturated rings. The summed E-state index contributed by atoms with van der Waals surface area (Å²) in [5.74, 6) is 0.0903. The Morgan fingerprint density at radius 1 is 1.45 bits per heavy atom. The maximum atomic E-state index is 10.8. The lowest BCUT2D eigenvalue weighted by atomic mass is 10.2. The van der Waals surface area contributed by atoms with Gasteiger partial charge >= 0.3 is 0 Å². The first-order valence-corrected chi connectivity index (χ1v) is 4.25. The molecule has 0 aromatic rings. The molecule has 2 nitrogen and oxygen atoms in total. The fourth-order valence-electron chi connectivity index (χ4n) is 0.855. The van der Waals surface area contributed by atoms with Crippen LogP contribution >= 0.6 is 0 Å². The second-order valence-electron chi connectivity index (χ2n) is 2.29. The summed E-state index contributed by atoms with van der Waals surface area (Å²) in [7, 11) is 0. The van der Waals surface area contributed by atoms with Crippen molar-refractivity contribution in [2.45, 2.75) is 33.6 Å². The van der Waals surface area contributed by atoms with Crippen molar-refractivity contribution in [3.8, 4) is 0 Å². The Hall–Kier alpha value is -0.790. The molecule has 11 heavy (non-hydrogen) atoms. The van der Waals surface area contributed by atoms with Crippen LogP contribution in [0.5, 0.6) is 0 Å². The van der Waals surface area contributed by atoms with E-state index >= 15 is 0 Å². The lowest BCUT2D eigenvalue weighted by molar-refractivity contribution is -0.117. The number of hydrogen-bond donors (Lipinski definition) is 1. The maximum absolute atomic E-state index is 10.8. The highest BCUT2D eigenvalue weighted by molar-refractivity contribution is 5.92. The average Bonchev–Trinajstić information content (AvgIpc) is 2.22. The quantitative estimate of drug-likeness (QED) is 0.568. The molecule has 1 heterocycles. The Morgan fingerprint density at radius 2 is 2.09 bits per heavy atom. The van der Waals surface area contributed by atoms with Crippen LogP contribution in [0, 0.1) is 0 Å². The smallest absolute Gasteiger partial charge is 0.246 e. The molecule has 0 saturated carbocycles. The van der Waals surface area contributed by atoms with Crippen LogP contribution in [0.3, 0.4) is 0 Å². The third kappa shape index (κ3) is 3.81. The number of allylic oxidation sites excluding steroid dienone is 1. The minimum atomic E-state index is 0.0903. The largest absolute Gasteiger partial charge is 0.352 e. The number of amides is 1. The van der Waals surface area contributed by atoms with Crippen LogP contribution < -0.4 is 5.32 Å². The monoisotopic (exact) mass is 155 g/mol. The molecular weight excluding hydrogens is 138 g/mol. The van der Waals surface area contributed by atoms with Gasteiger partial charge in [0.25, 0.3) is 0 Å². The number of hydrogen-bond acceptors (Lipinski definition) is 1. The molecule has 0 aromatic heterocycles. The molecule has 0 aromatic carbocycles. The molecule has 1 amide bonds. The lowest BCUT2D eigenvalue weighted by Crippen LogP contribution is -2.22. The van der Waals surface area contributed by atoms with Gasteiger partial charge in [-0.2, -0.15) is 0 Å². The van der Waals surface area contributed by atoms with E-state index in [1.54, 1.807) is 0 Å². The van der Waals surface area contributed by atoms with Gasteiger partial charge in [0.2, 0.25) is 5.91 Å². The SMILES string of the molecule is CC.CC1=CCCCNC1=O. The van der Waals surface area contributed by atoms with Crippen LogP contribution in [0.4, 0.5) is 0 Å². The van der Waals surface area contributed by atoms with Crippen LogP contribution in [0.2, 0.25) is 0 Å². The molecule has 2 heteroatoms. The van der Waals surface area contributed by atoms with Gasteiger partial charge in [0.15, 0.2) is 0 Å². The Morgan fingerprint density at radius 3 is 2.73 bits per heavy atom. The van der Waals surface area contributed by atoms with E-state index in [9.17, 15) is 4.79 Å². The molecule has 64 valence electrons. The van der Waals surface area contributed by atoms with Crippen molar-refractivity contribution < 1.29 is 4.79 Å². The van der Waals surface area contributed by atoms with Gasteiger partial charge in [0, 0.05) is 12.1 Å². The maximum Gasteiger partial charge on any atom is 0.246 e. The van der Waals surface area contributed by atoms with E-state index < -0.39 is 0 Å². The average molecular weight is 155 g/mol. The summed E-state index contributed by atoms with van der Waals surface area (Å²) in [6, 6.07) is 0. The van der Waals surface area contributed by atoms with Gasteiger partial charge in [-0.1, -0.05) is 19.9 Å². The molecule has 1 N–H and O–H groups in total. The van der Waals surface area contributed by atoms with E-state index in [4.69, 9.17) is 0 Å². The lowest BCUT2D eigenvalue weighted by Gasteiger charge is -1.97. The zero-order valence-electron chi connectivity index (χ0n) is 7.61. The highest BCUT2D eigenvalue weighted by Gasteiger charge is 2.04. The molecule has 0 atom stereocenters. The van der Waals surface area contributed by atoms with Crippen molar-refractivity contribution in [3.05, 3.63) is 11.6 Å². The van der Waals surface area contributed by atoms with Crippen molar-refractivity contribution in [1.82, 2.24) is 5.32 Å². The molecule has 0 aliphatic carbocycles. The third-order valence-electron chi connectivity index (χ3n) is 1.48. The van der Waals surface area contributed by atoms with E-state index in [0.29, 0.717) is 0 Å². The minimum absolute atomic E-state index is 0.0903. The standard InChI is InChI=1S/C7H11NO.C2H6/c1-6-4-2-3-5-8-7(6)9;1-2/h4H,2-3,5H2,1H3,(H,8,9);1-2H3. The highest BCUT2D eigenvalue weighted by Crippen LogP contribution is 2.01. The topological polar surface area (TPSA) is 29.1 Å². The number of carbonyl (C=O) groups is 1. The fraction of sp³-hybridized carbons (Fsp3) is 0.667. The summed E-state index contributed by atoms with van der Waals surface area (Å²) in [6.07, 6.45) is 4.09. The van der Waals surface area contributed by atoms with Crippen LogP contribution in [-0.4, -0.2) is 12.5 Å². The summed E-state index contributed by atoms with van der Waals surface area (Å²) < 4.78 is 0. The number of carbonyl (C=O) groups excluding carboxylic acids is 1. The number of rotatable bonds is 0. The van der Waals surface area contributed by atoms with E-state index in [1.165, 1.54) is 0 Å². The first-order chi connectivity index (χ1) is 5.30. The van der Waals surface area contributed by atoms with Gasteiger partial charge in [0.05, 0.1) is 0 Å². The molecule has 1 rings (SSSR count). The third-order valence-corrected chi connectivity index (χ3v) is 1.48. The van der Waals surface area contributed by atoms with Gasteiger partial charge in [-0.3, -0.25) is 4.79 Å². The predicted molar refractivity (Wildman–Crippen MR) is 47.3 cm³/mol. The van der Waals surface area contributed by atoms with Gasteiger partial charge in [-0.05, 0) is 19.8 Å². The van der Waals surface area contributed by atoms with E-state index in [-0.39, 0.29) is 5.91 Å². The molecule has 0 bridgehead atoms. The van der Waals surface area contributed by atoms with Crippen LogP contribution in [0.1, 0.15) is 33.6 Å². The normalized spacial score (nSPS) is 17.0. The second kappa shape index (κ2) is 5.96. The minimum Gasteiger partial charge on any atom is -0.352 e. The fourth-order valence-corrected chi connectivity index (χ4v) is 0.855. The van der Waals surface area contributed by atoms with Gasteiger partial charge in [-0.25, -0.2) is 0 Å². The van der Waals surface area contributed by atoms with Crippen molar-refractivity contribution >= 4 is 5.91 Å². The van der Waals surface area contributed by atoms with E-state index in [2.05, 4.69) is 5.32 Å². The Balaban J connectivity index is 0.000000461. The molecule has 1 aliphatic rings. The van der Waals surface area contributed by atoms with Crippen molar-refractivity contribution in [2.24, 2.45) is 0 Å². The summed E-state index contributed by atoms with van der Waals surface area (Å²) in [5.41, 5.74) is 0.854. The van der Waals surface area contributed by atoms with Crippen molar-refractivity contribution in [2.75, 3.05) is 6.54 Å². The van der Waals surface area contributed by atoms with Gasteiger partial charge in [-0.15, -0.1) is 0 Å². The van der Waals surface area contributed by atoms with Crippen LogP contribution in [0.25, 0.3) is 0 Å². The highest BCUT2D eigenvalue weighted by atomic mass is 16.1. The Kier molecular flexibility index (Phi) is 5.53. The van der Waals surface area contributed by atoms with Crippen molar-refractivity contribution in [3.63, 3.8) is 0 Å². The Labute approximate surface area is 68.7 Å². The second-order valence-corrected chi connectivity index (χ2v) is 2.29. The molecule has 0 unspecified atom stereocenters. The van der Waals surface area contributed by atoms with E-state index in [1.807, 2.05) is 26.8 Å². The zero-order valence-corrected chi connectivity index (χ0v) is 7.61. The zero-order chi connectivity index (χ0) is 8.69. The summed E-state index contributed by atoms with van der Waals surface area (Å²) in [4.78, 5) is 10.8. The summed E-state index contributed by atoms with van der Waals surface area (Å²) in [5, 5.41) is 2.79. The Bertz CT molecular complexity index is 150. The molecule has 0 saturated heterocycles. The van der Waals surface area contributed by atoms with Crippen molar-refractivity contribution in [1.29, 1.82) is 0 Å². The number of nitrogens with one attached hydrogen (secondary N) is 1. The first-order valence-electron chi connectivity index (χ1n) is 4.25. The molecule has 0 spiro atoms. The predicted octanol–water partition coefficient (Wildman–Crippen LogP) is 1.87. The van der Waals surface area contributed by atoms with E-state index in [0.717, 1.165) is 25.0 Å². The molecular formula is C9H17NO. The summed E-state index contributed by atoms with van der Waals surface area (Å²) >= 11 is 0. The van der Waals surface area contributed by atoms with Crippen LogP contribution in [0.15, 0.2) is 11.6 Å². The van der Waals surface area contributed by atoms with Gasteiger partial charge < -0.3 is 5.32 Å². The molecule has 0 radical (unpaired) electrons. The summed E-state index contributed by atoms with van der Waals surface area (Å²) in [6.45, 7) is 6.67. The van der Waals surface area contributed by atoms with Crippen LogP contribution in [-0.2, 0) is 4.79 Å². The molecule has 1 aliphatic heterocycles.